The molecule has 0 unspecified atom stereocenters. The molecule has 0 aliphatic carbocycles. The van der Waals surface area contributed by atoms with Gasteiger partial charge >= 0.3 is 16.3 Å². The Morgan fingerprint density at radius 3 is 2.62 bits per heavy atom. The van der Waals surface area contributed by atoms with Gasteiger partial charge in [0.2, 0.25) is 5.88 Å². The number of hydrogen-bond acceptors (Lipinski definition) is 8. The van der Waals surface area contributed by atoms with Crippen molar-refractivity contribution in [2.45, 2.75) is 43.3 Å². The van der Waals surface area contributed by atoms with Crippen LogP contribution in [-0.4, -0.2) is 60.6 Å². The second-order valence-corrected chi connectivity index (χ2v) is 11.0. The SMILES string of the molecule is COc1cc(NS(=O)(=O)N2CC(NC(=O)OC(C)(C)C)C2)nc(SCc2cccc(F)c2F)n1. The fourth-order valence-electron chi connectivity index (χ4n) is 2.82. The Kier molecular flexibility index (Phi) is 7.83. The largest absolute Gasteiger partial charge is 0.481 e. The highest BCUT2D eigenvalue weighted by molar-refractivity contribution is 7.98. The fraction of sp³-hybridized carbons (Fsp3) is 0.450. The van der Waals surface area contributed by atoms with Gasteiger partial charge in [-0.2, -0.15) is 17.7 Å². The zero-order chi connectivity index (χ0) is 25.1. The Labute approximate surface area is 200 Å². The minimum absolute atomic E-state index is 0.0209. The van der Waals surface area contributed by atoms with Crippen LogP contribution in [0, 0.1) is 11.6 Å². The monoisotopic (exact) mass is 517 g/mol. The fourth-order valence-corrected chi connectivity index (χ4v) is 4.90. The molecular weight excluding hydrogens is 492 g/mol. The molecule has 0 radical (unpaired) electrons. The minimum Gasteiger partial charge on any atom is -0.481 e. The van der Waals surface area contributed by atoms with Gasteiger partial charge in [-0.25, -0.2) is 18.6 Å². The molecule has 186 valence electrons. The summed E-state index contributed by atoms with van der Waals surface area (Å²) in [6.45, 7) is 5.29. The molecular formula is C20H25F2N5O5S2. The Bertz CT molecular complexity index is 1150. The molecule has 3 rings (SSSR count). The highest BCUT2D eigenvalue weighted by Gasteiger charge is 2.37. The van der Waals surface area contributed by atoms with E-state index in [1.165, 1.54) is 25.3 Å². The van der Waals surface area contributed by atoms with Crippen molar-refractivity contribution >= 4 is 33.9 Å². The van der Waals surface area contributed by atoms with Crippen LogP contribution in [0.25, 0.3) is 0 Å². The van der Waals surface area contributed by atoms with Gasteiger partial charge in [0.25, 0.3) is 0 Å². The molecule has 1 fully saturated rings. The van der Waals surface area contributed by atoms with E-state index in [1.807, 2.05) is 0 Å². The molecule has 1 aromatic carbocycles. The van der Waals surface area contributed by atoms with Crippen molar-refractivity contribution in [3.05, 3.63) is 41.5 Å². The van der Waals surface area contributed by atoms with E-state index in [2.05, 4.69) is 20.0 Å². The first kappa shape index (κ1) is 25.9. The lowest BCUT2D eigenvalue weighted by Gasteiger charge is -2.38. The molecule has 0 atom stereocenters. The number of thioether (sulfide) groups is 1. The van der Waals surface area contributed by atoms with Crippen molar-refractivity contribution in [3.63, 3.8) is 0 Å². The first-order valence-corrected chi connectivity index (χ1v) is 12.5. The molecule has 1 aliphatic rings. The molecule has 0 spiro atoms. The highest BCUT2D eigenvalue weighted by Crippen LogP contribution is 2.26. The molecule has 0 saturated carbocycles. The number of amides is 1. The standard InChI is InChI=1S/C20H25F2N5O5S2/c1-20(2,3)32-19(28)23-13-9-27(10-13)34(29,30)26-15-8-16(31-4)25-18(24-15)33-11-12-6-5-7-14(21)17(12)22/h5-8,13H,9-11H2,1-4H3,(H,23,28)(H,24,25,26). The maximum Gasteiger partial charge on any atom is 0.407 e. The molecule has 2 N–H and O–H groups in total. The van der Waals surface area contributed by atoms with Gasteiger partial charge in [-0.3, -0.25) is 4.72 Å². The van der Waals surface area contributed by atoms with Gasteiger partial charge in [0, 0.05) is 30.5 Å². The molecule has 2 heterocycles. The van der Waals surface area contributed by atoms with Gasteiger partial charge < -0.3 is 14.8 Å². The average molecular weight is 518 g/mol. The highest BCUT2D eigenvalue weighted by atomic mass is 32.2. The first-order chi connectivity index (χ1) is 15.9. The van der Waals surface area contributed by atoms with Crippen LogP contribution in [-0.2, 0) is 20.7 Å². The van der Waals surface area contributed by atoms with E-state index in [9.17, 15) is 22.0 Å². The lowest BCUT2D eigenvalue weighted by molar-refractivity contribution is 0.0459. The zero-order valence-electron chi connectivity index (χ0n) is 19.0. The number of aromatic nitrogens is 2. The van der Waals surface area contributed by atoms with Gasteiger partial charge in [0.05, 0.1) is 13.2 Å². The third-order valence-corrected chi connectivity index (χ3v) is 6.76. The van der Waals surface area contributed by atoms with Gasteiger partial charge in [-0.15, -0.1) is 0 Å². The van der Waals surface area contributed by atoms with Crippen molar-refractivity contribution in [3.8, 4) is 5.88 Å². The van der Waals surface area contributed by atoms with Crippen molar-refractivity contribution in [1.82, 2.24) is 19.6 Å². The van der Waals surface area contributed by atoms with Crippen molar-refractivity contribution in [2.24, 2.45) is 0 Å². The summed E-state index contributed by atoms with van der Waals surface area (Å²) in [5.74, 6) is -1.88. The van der Waals surface area contributed by atoms with E-state index >= 15 is 0 Å². The predicted molar refractivity (Wildman–Crippen MR) is 122 cm³/mol. The third kappa shape index (κ3) is 6.90. The number of carbonyl (C=O) groups is 1. The van der Waals surface area contributed by atoms with Crippen molar-refractivity contribution in [1.29, 1.82) is 0 Å². The van der Waals surface area contributed by atoms with E-state index in [1.54, 1.807) is 20.8 Å². The number of nitrogens with zero attached hydrogens (tertiary/aromatic N) is 3. The summed E-state index contributed by atoms with van der Waals surface area (Å²) in [4.78, 5) is 20.1. The number of rotatable bonds is 8. The van der Waals surface area contributed by atoms with Crippen LogP contribution in [0.5, 0.6) is 5.88 Å². The Balaban J connectivity index is 1.62. The first-order valence-electron chi connectivity index (χ1n) is 10.1. The molecule has 14 heteroatoms. The summed E-state index contributed by atoms with van der Waals surface area (Å²) in [5, 5.41) is 2.71. The number of benzene rings is 1. The Hall–Kier alpha value is -2.71. The van der Waals surface area contributed by atoms with Crippen molar-refractivity contribution in [2.75, 3.05) is 24.9 Å². The van der Waals surface area contributed by atoms with E-state index in [-0.39, 0.29) is 41.3 Å². The molecule has 10 nitrogen and oxygen atoms in total. The van der Waals surface area contributed by atoms with Crippen LogP contribution in [0.4, 0.5) is 19.4 Å². The van der Waals surface area contributed by atoms with Gasteiger partial charge in [0.1, 0.15) is 11.4 Å². The number of anilines is 1. The van der Waals surface area contributed by atoms with E-state index in [0.29, 0.717) is 0 Å². The molecule has 1 aromatic heterocycles. The second kappa shape index (κ2) is 10.3. The molecule has 0 bridgehead atoms. The average Bonchev–Trinajstić information content (AvgIpc) is 2.69. The van der Waals surface area contributed by atoms with Gasteiger partial charge in [-0.05, 0) is 26.8 Å². The molecule has 2 aromatic rings. The summed E-state index contributed by atoms with van der Waals surface area (Å²) in [6.07, 6.45) is -0.626. The number of halogens is 2. The van der Waals surface area contributed by atoms with E-state index < -0.39 is 39.6 Å². The molecule has 1 amide bonds. The van der Waals surface area contributed by atoms with Crippen LogP contribution in [0.3, 0.4) is 0 Å². The van der Waals surface area contributed by atoms with Gasteiger partial charge in [-0.1, -0.05) is 23.9 Å². The smallest absolute Gasteiger partial charge is 0.407 e. The van der Waals surface area contributed by atoms with Crippen molar-refractivity contribution < 1.29 is 31.5 Å². The topological polar surface area (TPSA) is 123 Å². The number of hydrogen-bond donors (Lipinski definition) is 2. The number of nitrogens with one attached hydrogen (secondary N) is 2. The molecule has 1 saturated heterocycles. The second-order valence-electron chi connectivity index (χ2n) is 8.35. The predicted octanol–water partition coefficient (Wildman–Crippen LogP) is 2.92. The summed E-state index contributed by atoms with van der Waals surface area (Å²) < 4.78 is 66.4. The summed E-state index contributed by atoms with van der Waals surface area (Å²) in [6, 6.07) is 4.74. The quantitative estimate of drug-likeness (QED) is 0.405. The van der Waals surface area contributed by atoms with E-state index in [4.69, 9.17) is 9.47 Å². The normalized spacial score (nSPS) is 14.9. The Morgan fingerprint density at radius 1 is 1.26 bits per heavy atom. The zero-order valence-corrected chi connectivity index (χ0v) is 20.6. The maximum atomic E-state index is 13.9. The number of alkyl carbamates (subject to hydrolysis) is 1. The summed E-state index contributed by atoms with van der Waals surface area (Å²) >= 11 is 0.987. The van der Waals surface area contributed by atoms with Crippen LogP contribution in [0.15, 0.2) is 29.4 Å². The molecule has 1 aliphatic heterocycles. The summed E-state index contributed by atoms with van der Waals surface area (Å²) in [5.41, 5.74) is -0.550. The van der Waals surface area contributed by atoms with Crippen LogP contribution < -0.4 is 14.8 Å². The van der Waals surface area contributed by atoms with Crippen LogP contribution >= 0.6 is 11.8 Å². The summed E-state index contributed by atoms with van der Waals surface area (Å²) in [7, 11) is -2.62. The lowest BCUT2D eigenvalue weighted by Crippen LogP contribution is -2.62. The van der Waals surface area contributed by atoms with E-state index in [0.717, 1.165) is 22.1 Å². The lowest BCUT2D eigenvalue weighted by atomic mass is 10.2. The number of ether oxygens (including phenoxy) is 2. The maximum absolute atomic E-state index is 13.9. The number of carbonyl (C=O) groups excluding carboxylic acids is 1. The third-order valence-electron chi connectivity index (χ3n) is 4.42. The molecule has 34 heavy (non-hydrogen) atoms. The van der Waals surface area contributed by atoms with Crippen LogP contribution in [0.2, 0.25) is 0 Å². The number of methoxy groups -OCH3 is 1. The van der Waals surface area contributed by atoms with Gasteiger partial charge in [0.15, 0.2) is 16.8 Å². The Morgan fingerprint density at radius 2 is 1.97 bits per heavy atom. The van der Waals surface area contributed by atoms with Crippen LogP contribution in [0.1, 0.15) is 26.3 Å². The minimum atomic E-state index is -3.98.